The molecule has 1 aromatic heterocycles. The van der Waals surface area contributed by atoms with E-state index in [1.54, 1.807) is 13.3 Å². The van der Waals surface area contributed by atoms with Gasteiger partial charge in [-0.1, -0.05) is 6.92 Å². The molecule has 0 saturated carbocycles. The van der Waals surface area contributed by atoms with Gasteiger partial charge in [-0.15, -0.1) is 0 Å². The van der Waals surface area contributed by atoms with Crippen molar-refractivity contribution < 1.29 is 9.47 Å². The van der Waals surface area contributed by atoms with Gasteiger partial charge < -0.3 is 14.8 Å². The van der Waals surface area contributed by atoms with Gasteiger partial charge in [-0.05, 0) is 34.2 Å². The highest BCUT2D eigenvalue weighted by molar-refractivity contribution is 5.30. The molecule has 5 heteroatoms. The van der Waals surface area contributed by atoms with Gasteiger partial charge in [0, 0.05) is 13.2 Å². The number of hydrogen-bond acceptors (Lipinski definition) is 4. The topological polar surface area (TPSA) is 48.3 Å². The lowest BCUT2D eigenvalue weighted by Crippen LogP contribution is -2.43. The maximum Gasteiger partial charge on any atom is 0.161 e. The van der Waals surface area contributed by atoms with Crippen molar-refractivity contribution >= 4 is 0 Å². The number of likely N-dealkylation sites (N-methyl/N-ethyl adjacent to an activating group) is 1. The fourth-order valence-electron chi connectivity index (χ4n) is 2.41. The maximum atomic E-state index is 5.91. The lowest BCUT2D eigenvalue weighted by Gasteiger charge is -2.35. The van der Waals surface area contributed by atoms with Crippen molar-refractivity contribution in [1.82, 2.24) is 15.1 Å². The second kappa shape index (κ2) is 6.91. The molecule has 0 aliphatic carbocycles. The molecule has 1 N–H and O–H groups in total. The molecule has 0 amide bonds. The highest BCUT2D eigenvalue weighted by Crippen LogP contribution is 2.34. The fraction of sp³-hybridized carbons (Fsp3) is 0.786. The van der Waals surface area contributed by atoms with Crippen molar-refractivity contribution in [3.05, 3.63) is 11.9 Å². The Morgan fingerprint density at radius 1 is 1.37 bits per heavy atom. The van der Waals surface area contributed by atoms with Gasteiger partial charge in [0.2, 0.25) is 0 Å². The van der Waals surface area contributed by atoms with Crippen LogP contribution in [0, 0.1) is 0 Å². The number of aryl methyl sites for hydroxylation is 1. The monoisotopic (exact) mass is 269 g/mol. The van der Waals surface area contributed by atoms with Crippen LogP contribution in [0.25, 0.3) is 0 Å². The van der Waals surface area contributed by atoms with E-state index in [1.807, 2.05) is 11.6 Å². The number of ether oxygens (including phenoxy) is 2. The summed E-state index contributed by atoms with van der Waals surface area (Å²) in [6, 6.07) is 0.0369. The van der Waals surface area contributed by atoms with Crippen LogP contribution in [-0.4, -0.2) is 35.6 Å². The van der Waals surface area contributed by atoms with Crippen LogP contribution in [0.1, 0.15) is 46.4 Å². The van der Waals surface area contributed by atoms with Gasteiger partial charge in [-0.25, -0.2) is 0 Å². The SMILES string of the molecule is CCNC(c1c(OC)cnn1CC)C(C)(C)OCC. The minimum absolute atomic E-state index is 0.0369. The number of aromatic nitrogens is 2. The van der Waals surface area contributed by atoms with Gasteiger partial charge in [-0.2, -0.15) is 5.10 Å². The van der Waals surface area contributed by atoms with E-state index in [-0.39, 0.29) is 11.6 Å². The van der Waals surface area contributed by atoms with E-state index in [0.717, 1.165) is 24.5 Å². The van der Waals surface area contributed by atoms with Crippen LogP contribution >= 0.6 is 0 Å². The van der Waals surface area contributed by atoms with Crippen molar-refractivity contribution in [2.45, 2.75) is 52.8 Å². The van der Waals surface area contributed by atoms with Crippen LogP contribution in [0.5, 0.6) is 5.75 Å². The molecule has 1 unspecified atom stereocenters. The third-order valence-corrected chi connectivity index (χ3v) is 3.26. The molecule has 19 heavy (non-hydrogen) atoms. The third-order valence-electron chi connectivity index (χ3n) is 3.26. The lowest BCUT2D eigenvalue weighted by molar-refractivity contribution is -0.0413. The third kappa shape index (κ3) is 3.48. The normalized spacial score (nSPS) is 13.6. The maximum absolute atomic E-state index is 5.91. The number of hydrogen-bond donors (Lipinski definition) is 1. The summed E-state index contributed by atoms with van der Waals surface area (Å²) in [6.07, 6.45) is 1.77. The second-order valence-corrected chi connectivity index (χ2v) is 4.94. The van der Waals surface area contributed by atoms with E-state index in [0.29, 0.717) is 6.61 Å². The Hall–Kier alpha value is -1.07. The van der Waals surface area contributed by atoms with Crippen LogP contribution in [-0.2, 0) is 11.3 Å². The average Bonchev–Trinajstić information content (AvgIpc) is 2.77. The molecular weight excluding hydrogens is 242 g/mol. The molecule has 110 valence electrons. The predicted octanol–water partition coefficient (Wildman–Crippen LogP) is 2.38. The summed E-state index contributed by atoms with van der Waals surface area (Å²) >= 11 is 0. The largest absolute Gasteiger partial charge is 0.493 e. The molecule has 0 aromatic carbocycles. The van der Waals surface area contributed by atoms with Gasteiger partial charge >= 0.3 is 0 Å². The molecule has 1 rings (SSSR count). The fourth-order valence-corrected chi connectivity index (χ4v) is 2.41. The highest BCUT2D eigenvalue weighted by atomic mass is 16.5. The lowest BCUT2D eigenvalue weighted by atomic mass is 9.94. The molecule has 5 nitrogen and oxygen atoms in total. The van der Waals surface area contributed by atoms with E-state index in [2.05, 4.69) is 38.1 Å². The van der Waals surface area contributed by atoms with E-state index < -0.39 is 0 Å². The zero-order chi connectivity index (χ0) is 14.5. The molecule has 0 aliphatic rings. The molecule has 1 atom stereocenters. The van der Waals surface area contributed by atoms with Gasteiger partial charge in [-0.3, -0.25) is 4.68 Å². The average molecular weight is 269 g/mol. The highest BCUT2D eigenvalue weighted by Gasteiger charge is 2.35. The van der Waals surface area contributed by atoms with Crippen molar-refractivity contribution in [2.75, 3.05) is 20.3 Å². The first-order chi connectivity index (χ1) is 9.01. The van der Waals surface area contributed by atoms with Crippen molar-refractivity contribution in [3.63, 3.8) is 0 Å². The van der Waals surface area contributed by atoms with Crippen molar-refractivity contribution in [2.24, 2.45) is 0 Å². The minimum atomic E-state index is -0.328. The van der Waals surface area contributed by atoms with Crippen LogP contribution in [0.2, 0.25) is 0 Å². The first-order valence-electron chi connectivity index (χ1n) is 6.98. The van der Waals surface area contributed by atoms with Crippen LogP contribution < -0.4 is 10.1 Å². The molecule has 0 saturated heterocycles. The van der Waals surface area contributed by atoms with Crippen molar-refractivity contribution in [3.8, 4) is 5.75 Å². The summed E-state index contributed by atoms with van der Waals surface area (Å²) in [6.45, 7) is 12.7. The smallest absolute Gasteiger partial charge is 0.161 e. The van der Waals surface area contributed by atoms with Gasteiger partial charge in [0.05, 0.1) is 24.9 Å². The number of methoxy groups -OCH3 is 1. The molecule has 0 radical (unpaired) electrons. The molecule has 0 fully saturated rings. The molecular formula is C14H27N3O2. The first-order valence-corrected chi connectivity index (χ1v) is 6.98. The Bertz CT molecular complexity index is 367. The first kappa shape index (κ1) is 16.0. The molecule has 1 heterocycles. The van der Waals surface area contributed by atoms with Gasteiger partial charge in [0.1, 0.15) is 5.69 Å². The van der Waals surface area contributed by atoms with Crippen molar-refractivity contribution in [1.29, 1.82) is 0 Å². The van der Waals surface area contributed by atoms with Crippen LogP contribution in [0.3, 0.4) is 0 Å². The summed E-state index contributed by atoms with van der Waals surface area (Å²) in [5.74, 6) is 0.806. The molecule has 0 aliphatic heterocycles. The summed E-state index contributed by atoms with van der Waals surface area (Å²) in [4.78, 5) is 0. The quantitative estimate of drug-likeness (QED) is 0.787. The summed E-state index contributed by atoms with van der Waals surface area (Å²) < 4.78 is 13.3. The Kier molecular flexibility index (Phi) is 5.82. The molecule has 0 spiro atoms. The summed E-state index contributed by atoms with van der Waals surface area (Å²) in [5.41, 5.74) is 0.718. The minimum Gasteiger partial charge on any atom is -0.493 e. The summed E-state index contributed by atoms with van der Waals surface area (Å²) in [7, 11) is 1.68. The van der Waals surface area contributed by atoms with Gasteiger partial charge in [0.15, 0.2) is 5.75 Å². The Labute approximate surface area is 116 Å². The zero-order valence-corrected chi connectivity index (χ0v) is 13.0. The summed E-state index contributed by atoms with van der Waals surface area (Å²) in [5, 5.41) is 7.87. The Morgan fingerprint density at radius 3 is 2.53 bits per heavy atom. The van der Waals surface area contributed by atoms with E-state index in [1.165, 1.54) is 0 Å². The Morgan fingerprint density at radius 2 is 2.05 bits per heavy atom. The van der Waals surface area contributed by atoms with E-state index in [4.69, 9.17) is 9.47 Å². The molecule has 1 aromatic rings. The second-order valence-electron chi connectivity index (χ2n) is 4.94. The number of nitrogens with one attached hydrogen (secondary N) is 1. The van der Waals surface area contributed by atoms with Crippen LogP contribution in [0.4, 0.5) is 0 Å². The molecule has 0 bridgehead atoms. The van der Waals surface area contributed by atoms with E-state index in [9.17, 15) is 0 Å². The van der Waals surface area contributed by atoms with Crippen LogP contribution in [0.15, 0.2) is 6.20 Å². The zero-order valence-electron chi connectivity index (χ0n) is 13.0. The van der Waals surface area contributed by atoms with E-state index >= 15 is 0 Å². The number of nitrogens with zero attached hydrogens (tertiary/aromatic N) is 2. The standard InChI is InChI=1S/C14H27N3O2/c1-7-15-13(14(4,5)19-9-3)12-11(18-6)10-16-17(12)8-2/h10,13,15H,7-9H2,1-6H3. The number of rotatable bonds is 8. The predicted molar refractivity (Wildman–Crippen MR) is 76.6 cm³/mol. The van der Waals surface area contributed by atoms with Gasteiger partial charge in [0.25, 0.3) is 0 Å². The Balaban J connectivity index is 3.21.